The average molecular weight is 311 g/mol. The molecule has 8 heteroatoms. The van der Waals surface area contributed by atoms with Gasteiger partial charge >= 0.3 is 5.97 Å². The van der Waals surface area contributed by atoms with Crippen LogP contribution in [0.4, 0.5) is 0 Å². The van der Waals surface area contributed by atoms with Gasteiger partial charge in [0.2, 0.25) is 10.0 Å². The maximum absolute atomic E-state index is 12.1. The van der Waals surface area contributed by atoms with E-state index in [9.17, 15) is 13.2 Å². The third kappa shape index (κ3) is 3.22. The zero-order chi connectivity index (χ0) is 15.6. The first-order valence-electron chi connectivity index (χ1n) is 6.38. The Labute approximate surface area is 122 Å². The second-order valence-corrected chi connectivity index (χ2v) is 6.72. The maximum atomic E-state index is 12.1. The highest BCUT2D eigenvalue weighted by Gasteiger charge is 2.30. The normalized spacial score (nSPS) is 14.8. The molecule has 1 heterocycles. The van der Waals surface area contributed by atoms with Gasteiger partial charge in [0, 0.05) is 0 Å². The number of nitrogens with zero attached hydrogens (tertiary/aromatic N) is 1. The Morgan fingerprint density at radius 2 is 2.00 bits per heavy atom. The summed E-state index contributed by atoms with van der Waals surface area (Å²) in [6.07, 6.45) is 0. The van der Waals surface area contributed by atoms with Gasteiger partial charge in [-0.05, 0) is 26.0 Å². The molecule has 1 aromatic heterocycles. The van der Waals surface area contributed by atoms with Gasteiger partial charge in [0.25, 0.3) is 0 Å². The predicted molar refractivity (Wildman–Crippen MR) is 78.0 cm³/mol. The number of benzene rings is 1. The fraction of sp³-hybridized carbons (Fsp3) is 0.385. The molecule has 0 radical (unpaired) electrons. The Morgan fingerprint density at radius 1 is 1.33 bits per heavy atom. The van der Waals surface area contributed by atoms with Crippen LogP contribution >= 0.6 is 0 Å². The molecule has 0 spiro atoms. The topological polar surface area (TPSA) is 101 Å². The van der Waals surface area contributed by atoms with Crippen molar-refractivity contribution in [1.29, 1.82) is 0 Å². The van der Waals surface area contributed by atoms with Crippen LogP contribution in [0.1, 0.15) is 25.7 Å². The van der Waals surface area contributed by atoms with Crippen molar-refractivity contribution in [2.45, 2.75) is 25.1 Å². The molecule has 2 aromatic rings. The minimum Gasteiger partial charge on any atom is -0.468 e. The van der Waals surface area contributed by atoms with Crippen LogP contribution in [0, 0.1) is 0 Å². The average Bonchev–Trinajstić information content (AvgIpc) is 2.89. The van der Waals surface area contributed by atoms with Crippen LogP contribution in [0.25, 0.3) is 11.0 Å². The van der Waals surface area contributed by atoms with Gasteiger partial charge in [0.05, 0.1) is 24.2 Å². The number of methoxy groups -OCH3 is 1. The molecule has 2 rings (SSSR count). The fourth-order valence-electron chi connectivity index (χ4n) is 1.87. The summed E-state index contributed by atoms with van der Waals surface area (Å²) < 4.78 is 31.0. The van der Waals surface area contributed by atoms with Gasteiger partial charge in [0.15, 0.2) is 5.25 Å². The van der Waals surface area contributed by atoms with Crippen LogP contribution in [-0.4, -0.2) is 36.7 Å². The van der Waals surface area contributed by atoms with Crippen molar-refractivity contribution in [3.8, 4) is 0 Å². The van der Waals surface area contributed by atoms with Crippen molar-refractivity contribution in [3.05, 3.63) is 30.1 Å². The molecule has 1 aromatic carbocycles. The zero-order valence-electron chi connectivity index (χ0n) is 12.0. The summed E-state index contributed by atoms with van der Waals surface area (Å²) in [5.74, 6) is -0.323. The van der Waals surface area contributed by atoms with Crippen molar-refractivity contribution in [3.63, 3.8) is 0 Å². The molecule has 0 bridgehead atoms. The number of sulfonamides is 1. The summed E-state index contributed by atoms with van der Waals surface area (Å²) in [7, 11) is -2.69. The second kappa shape index (κ2) is 5.82. The molecule has 0 aliphatic heterocycles. The van der Waals surface area contributed by atoms with Crippen LogP contribution < -0.4 is 4.72 Å². The van der Waals surface area contributed by atoms with Gasteiger partial charge in [-0.25, -0.2) is 18.1 Å². The van der Waals surface area contributed by atoms with E-state index >= 15 is 0 Å². The van der Waals surface area contributed by atoms with Crippen molar-refractivity contribution in [2.75, 3.05) is 7.11 Å². The largest absolute Gasteiger partial charge is 0.468 e. The number of H-pyrrole nitrogens is 1. The van der Waals surface area contributed by atoms with E-state index in [-0.39, 0.29) is 0 Å². The SMILES string of the molecule is COC(=O)C(C)S(=O)(=O)NC(C)c1nc2ccccc2[nH]1. The Balaban J connectivity index is 2.20. The molecule has 7 nitrogen and oxygen atoms in total. The van der Waals surface area contributed by atoms with Gasteiger partial charge in [-0.15, -0.1) is 0 Å². The molecule has 2 N–H and O–H groups in total. The van der Waals surface area contributed by atoms with Crippen LogP contribution in [-0.2, 0) is 19.6 Å². The number of hydrogen-bond acceptors (Lipinski definition) is 5. The number of ether oxygens (including phenoxy) is 1. The van der Waals surface area contributed by atoms with E-state index in [1.54, 1.807) is 6.92 Å². The molecular weight excluding hydrogens is 294 g/mol. The van der Waals surface area contributed by atoms with Crippen LogP contribution in [0.2, 0.25) is 0 Å². The summed E-state index contributed by atoms with van der Waals surface area (Å²) in [5.41, 5.74) is 1.57. The summed E-state index contributed by atoms with van der Waals surface area (Å²) in [5, 5.41) is -1.28. The Hall–Kier alpha value is -1.93. The highest BCUT2D eigenvalue weighted by Crippen LogP contribution is 2.17. The number of fused-ring (bicyclic) bond motifs is 1. The summed E-state index contributed by atoms with van der Waals surface area (Å²) in [6.45, 7) is 2.93. The molecule has 2 atom stereocenters. The summed E-state index contributed by atoms with van der Waals surface area (Å²) >= 11 is 0. The lowest BCUT2D eigenvalue weighted by atomic mass is 10.3. The number of carbonyl (C=O) groups excluding carboxylic acids is 1. The summed E-state index contributed by atoms with van der Waals surface area (Å²) in [6, 6.07) is 6.80. The van der Waals surface area contributed by atoms with Crippen molar-refractivity contribution >= 4 is 27.0 Å². The van der Waals surface area contributed by atoms with Gasteiger partial charge in [-0.1, -0.05) is 12.1 Å². The zero-order valence-corrected chi connectivity index (χ0v) is 12.8. The minimum absolute atomic E-state index is 0.483. The third-order valence-electron chi connectivity index (χ3n) is 3.16. The molecule has 2 unspecified atom stereocenters. The molecule has 0 aliphatic carbocycles. The van der Waals surface area contributed by atoms with Crippen LogP contribution in [0.15, 0.2) is 24.3 Å². The molecule has 0 fully saturated rings. The minimum atomic E-state index is -3.84. The maximum Gasteiger partial charge on any atom is 0.325 e. The monoisotopic (exact) mass is 311 g/mol. The Morgan fingerprint density at radius 3 is 2.62 bits per heavy atom. The molecule has 0 saturated carbocycles. The molecule has 21 heavy (non-hydrogen) atoms. The number of aromatic nitrogens is 2. The number of hydrogen-bond donors (Lipinski definition) is 2. The highest BCUT2D eigenvalue weighted by atomic mass is 32.2. The number of aromatic amines is 1. The molecule has 0 aliphatic rings. The van der Waals surface area contributed by atoms with Crippen molar-refractivity contribution < 1.29 is 17.9 Å². The number of nitrogens with one attached hydrogen (secondary N) is 2. The van der Waals surface area contributed by atoms with Crippen molar-refractivity contribution in [1.82, 2.24) is 14.7 Å². The van der Waals surface area contributed by atoms with E-state index in [0.29, 0.717) is 5.82 Å². The lowest BCUT2D eigenvalue weighted by molar-refractivity contribution is -0.139. The molecule has 114 valence electrons. The van der Waals surface area contributed by atoms with Crippen LogP contribution in [0.3, 0.4) is 0 Å². The van der Waals surface area contributed by atoms with E-state index < -0.39 is 27.3 Å². The molecule has 0 amide bonds. The third-order valence-corrected chi connectivity index (χ3v) is 4.96. The number of para-hydroxylation sites is 2. The van der Waals surface area contributed by atoms with Gasteiger partial charge < -0.3 is 9.72 Å². The van der Waals surface area contributed by atoms with Crippen molar-refractivity contribution in [2.24, 2.45) is 0 Å². The number of esters is 1. The van der Waals surface area contributed by atoms with E-state index in [1.165, 1.54) is 6.92 Å². The smallest absolute Gasteiger partial charge is 0.325 e. The first-order valence-corrected chi connectivity index (χ1v) is 7.93. The van der Waals surface area contributed by atoms with E-state index in [1.807, 2.05) is 24.3 Å². The Bertz CT molecular complexity index is 721. The van der Waals surface area contributed by atoms with Crippen LogP contribution in [0.5, 0.6) is 0 Å². The first-order chi connectivity index (χ1) is 9.85. The number of rotatable bonds is 5. The van der Waals surface area contributed by atoms with Gasteiger partial charge in [-0.2, -0.15) is 0 Å². The molecule has 0 saturated heterocycles. The van der Waals surface area contributed by atoms with Gasteiger partial charge in [-0.3, -0.25) is 4.79 Å². The Kier molecular flexibility index (Phi) is 4.29. The second-order valence-electron chi connectivity index (χ2n) is 4.69. The van der Waals surface area contributed by atoms with E-state index in [0.717, 1.165) is 18.1 Å². The van der Waals surface area contributed by atoms with E-state index in [4.69, 9.17) is 0 Å². The lowest BCUT2D eigenvalue weighted by Crippen LogP contribution is -2.39. The van der Waals surface area contributed by atoms with E-state index in [2.05, 4.69) is 19.4 Å². The first kappa shape index (κ1) is 15.5. The lowest BCUT2D eigenvalue weighted by Gasteiger charge is -2.15. The number of carbonyl (C=O) groups is 1. The summed E-state index contributed by atoms with van der Waals surface area (Å²) in [4.78, 5) is 18.7. The molecular formula is C13H17N3O4S. The fourth-order valence-corrected chi connectivity index (χ4v) is 3.03. The predicted octanol–water partition coefficient (Wildman–Crippen LogP) is 1.10. The number of imidazole rings is 1. The van der Waals surface area contributed by atoms with Gasteiger partial charge in [0.1, 0.15) is 5.82 Å². The highest BCUT2D eigenvalue weighted by molar-refractivity contribution is 7.90. The quantitative estimate of drug-likeness (QED) is 0.805. The standard InChI is InChI=1S/C13H17N3O4S/c1-8(16-21(18,19)9(2)13(17)20-3)12-14-10-6-4-5-7-11(10)15-12/h4-9,16H,1-3H3,(H,14,15).